The highest BCUT2D eigenvalue weighted by Crippen LogP contribution is 2.20. The van der Waals surface area contributed by atoms with Crippen LogP contribution in [-0.2, 0) is 11.2 Å². The fourth-order valence-electron chi connectivity index (χ4n) is 1.62. The third kappa shape index (κ3) is 5.70. The molecule has 2 N–H and O–H groups in total. The van der Waals surface area contributed by atoms with Gasteiger partial charge in [0.2, 0.25) is 5.91 Å². The number of rotatable bonds is 7. The fourth-order valence-corrected chi connectivity index (χ4v) is 2.46. The van der Waals surface area contributed by atoms with E-state index in [1.54, 1.807) is 11.3 Å². The first-order valence-corrected chi connectivity index (χ1v) is 7.54. The van der Waals surface area contributed by atoms with E-state index in [1.807, 2.05) is 19.2 Å². The third-order valence-electron chi connectivity index (χ3n) is 2.96. The summed E-state index contributed by atoms with van der Waals surface area (Å²) in [5.74, 6) is 0.400. The van der Waals surface area contributed by atoms with Gasteiger partial charge < -0.3 is 10.4 Å². The summed E-state index contributed by atoms with van der Waals surface area (Å²) < 4.78 is 0. The molecule has 108 valence electrons. The van der Waals surface area contributed by atoms with Crippen LogP contribution in [0.1, 0.15) is 50.7 Å². The van der Waals surface area contributed by atoms with Gasteiger partial charge in [-0.1, -0.05) is 27.7 Å². The third-order valence-corrected chi connectivity index (χ3v) is 4.15. The number of hydrogen-bond acceptors (Lipinski definition) is 4. The minimum Gasteiger partial charge on any atom is -0.396 e. The lowest BCUT2D eigenvalue weighted by Crippen LogP contribution is -2.35. The van der Waals surface area contributed by atoms with Crippen LogP contribution < -0.4 is 5.32 Å². The van der Waals surface area contributed by atoms with Gasteiger partial charge >= 0.3 is 0 Å². The minimum absolute atomic E-state index is 0.00776. The molecular formula is C14H24N2O2S. The average Bonchev–Trinajstić information content (AvgIpc) is 2.75. The summed E-state index contributed by atoms with van der Waals surface area (Å²) in [6.45, 7) is 8.98. The van der Waals surface area contributed by atoms with Gasteiger partial charge in [-0.2, -0.15) is 0 Å². The van der Waals surface area contributed by atoms with Crippen LogP contribution in [0.25, 0.3) is 0 Å². The van der Waals surface area contributed by atoms with Crippen molar-refractivity contribution < 1.29 is 9.90 Å². The van der Waals surface area contributed by atoms with Crippen molar-refractivity contribution >= 4 is 17.2 Å². The number of nitrogens with one attached hydrogen (secondary N) is 1. The summed E-state index contributed by atoms with van der Waals surface area (Å²) in [7, 11) is 0. The molecule has 0 saturated heterocycles. The maximum atomic E-state index is 11.8. The molecule has 0 spiro atoms. The van der Waals surface area contributed by atoms with Crippen LogP contribution in [0.15, 0.2) is 5.38 Å². The fraction of sp³-hybridized carbons (Fsp3) is 0.714. The lowest BCUT2D eigenvalue weighted by Gasteiger charge is -2.23. The zero-order valence-electron chi connectivity index (χ0n) is 12.2. The van der Waals surface area contributed by atoms with E-state index in [-0.39, 0.29) is 17.9 Å². The van der Waals surface area contributed by atoms with Gasteiger partial charge in [0.1, 0.15) is 0 Å². The zero-order valence-corrected chi connectivity index (χ0v) is 13.0. The standard InChI is InChI=1S/C14H24N2O2S/c1-10(2)13-16-11(8-19-13)7-12(18)15-9-14(3,4)5-6-17/h8,10,17H,5-7,9H2,1-4H3,(H,15,18). The molecule has 1 rings (SSSR count). The van der Waals surface area contributed by atoms with Gasteiger partial charge in [-0.15, -0.1) is 11.3 Å². The molecule has 1 aromatic rings. The maximum absolute atomic E-state index is 11.8. The highest BCUT2D eigenvalue weighted by atomic mass is 32.1. The molecule has 1 aromatic heterocycles. The van der Waals surface area contributed by atoms with E-state index in [9.17, 15) is 4.79 Å². The van der Waals surface area contributed by atoms with E-state index in [0.29, 0.717) is 25.3 Å². The molecule has 0 atom stereocenters. The van der Waals surface area contributed by atoms with E-state index in [1.165, 1.54) is 0 Å². The van der Waals surface area contributed by atoms with Crippen molar-refractivity contribution in [3.8, 4) is 0 Å². The van der Waals surface area contributed by atoms with Crippen LogP contribution in [0.2, 0.25) is 0 Å². The van der Waals surface area contributed by atoms with Gasteiger partial charge in [-0.25, -0.2) is 4.98 Å². The molecule has 0 aliphatic carbocycles. The van der Waals surface area contributed by atoms with E-state index >= 15 is 0 Å². The van der Waals surface area contributed by atoms with Crippen molar-refractivity contribution in [1.82, 2.24) is 10.3 Å². The summed E-state index contributed by atoms with van der Waals surface area (Å²) in [6.07, 6.45) is 1.01. The quantitative estimate of drug-likeness (QED) is 0.808. The van der Waals surface area contributed by atoms with E-state index in [0.717, 1.165) is 10.7 Å². The number of thiazole rings is 1. The number of carbonyl (C=O) groups excluding carboxylic acids is 1. The molecule has 19 heavy (non-hydrogen) atoms. The number of carbonyl (C=O) groups is 1. The Balaban J connectivity index is 2.42. The predicted molar refractivity (Wildman–Crippen MR) is 78.4 cm³/mol. The highest BCUT2D eigenvalue weighted by Gasteiger charge is 2.18. The second-order valence-electron chi connectivity index (χ2n) is 5.92. The second-order valence-corrected chi connectivity index (χ2v) is 6.81. The van der Waals surface area contributed by atoms with Crippen molar-refractivity contribution in [3.05, 3.63) is 16.1 Å². The van der Waals surface area contributed by atoms with Crippen LogP contribution in [-0.4, -0.2) is 29.1 Å². The molecule has 1 amide bonds. The topological polar surface area (TPSA) is 62.2 Å². The lowest BCUT2D eigenvalue weighted by molar-refractivity contribution is -0.121. The Bertz CT molecular complexity index is 413. The lowest BCUT2D eigenvalue weighted by atomic mass is 9.90. The van der Waals surface area contributed by atoms with Crippen LogP contribution in [0.4, 0.5) is 0 Å². The first-order valence-electron chi connectivity index (χ1n) is 6.66. The molecule has 0 aromatic carbocycles. The molecule has 0 aliphatic heterocycles. The number of hydrogen-bond donors (Lipinski definition) is 2. The number of aliphatic hydroxyl groups is 1. The van der Waals surface area contributed by atoms with Gasteiger partial charge in [-0.05, 0) is 11.8 Å². The molecule has 4 nitrogen and oxygen atoms in total. The molecule has 0 unspecified atom stereocenters. The Hall–Kier alpha value is -0.940. The Morgan fingerprint density at radius 1 is 1.53 bits per heavy atom. The van der Waals surface area contributed by atoms with Crippen LogP contribution in [0, 0.1) is 5.41 Å². The Kier molecular flexibility index (Phi) is 5.94. The maximum Gasteiger partial charge on any atom is 0.226 e. The van der Waals surface area contributed by atoms with Crippen molar-refractivity contribution in [3.63, 3.8) is 0 Å². The van der Waals surface area contributed by atoms with Crippen LogP contribution in [0.3, 0.4) is 0 Å². The van der Waals surface area contributed by atoms with Crippen molar-refractivity contribution in [2.75, 3.05) is 13.2 Å². The largest absolute Gasteiger partial charge is 0.396 e. The minimum atomic E-state index is -0.0738. The molecule has 0 bridgehead atoms. The molecule has 0 fully saturated rings. The first kappa shape index (κ1) is 16.1. The summed E-state index contributed by atoms with van der Waals surface area (Å²) in [6, 6.07) is 0. The SMILES string of the molecule is CC(C)c1nc(CC(=O)NCC(C)(C)CCO)cs1. The van der Waals surface area contributed by atoms with Gasteiger partial charge in [-0.3, -0.25) is 4.79 Å². The number of aromatic nitrogens is 1. The molecule has 5 heteroatoms. The molecule has 0 aliphatic rings. The van der Waals surface area contributed by atoms with Crippen LogP contribution >= 0.6 is 11.3 Å². The normalized spacial score (nSPS) is 11.9. The number of aliphatic hydroxyl groups excluding tert-OH is 1. The Labute approximate surface area is 119 Å². The molecular weight excluding hydrogens is 260 g/mol. The number of amides is 1. The summed E-state index contributed by atoms with van der Waals surface area (Å²) in [4.78, 5) is 16.3. The van der Waals surface area contributed by atoms with Gasteiger partial charge in [0.25, 0.3) is 0 Å². The van der Waals surface area contributed by atoms with Gasteiger partial charge in [0.15, 0.2) is 0 Å². The van der Waals surface area contributed by atoms with E-state index in [4.69, 9.17) is 5.11 Å². The molecule has 1 heterocycles. The van der Waals surface area contributed by atoms with E-state index < -0.39 is 0 Å². The summed E-state index contributed by atoms with van der Waals surface area (Å²) >= 11 is 1.61. The van der Waals surface area contributed by atoms with Gasteiger partial charge in [0.05, 0.1) is 17.1 Å². The predicted octanol–water partition coefficient (Wildman–Crippen LogP) is 2.33. The van der Waals surface area contributed by atoms with Crippen molar-refractivity contribution in [2.45, 2.75) is 46.5 Å². The Morgan fingerprint density at radius 3 is 2.74 bits per heavy atom. The average molecular weight is 284 g/mol. The summed E-state index contributed by atoms with van der Waals surface area (Å²) in [5.41, 5.74) is 0.765. The molecule has 0 radical (unpaired) electrons. The first-order chi connectivity index (χ1) is 8.84. The monoisotopic (exact) mass is 284 g/mol. The van der Waals surface area contributed by atoms with E-state index in [2.05, 4.69) is 24.1 Å². The highest BCUT2D eigenvalue weighted by molar-refractivity contribution is 7.09. The van der Waals surface area contributed by atoms with Crippen molar-refractivity contribution in [2.24, 2.45) is 5.41 Å². The zero-order chi connectivity index (χ0) is 14.5. The molecule has 0 saturated carbocycles. The van der Waals surface area contributed by atoms with Crippen molar-refractivity contribution in [1.29, 1.82) is 0 Å². The second kappa shape index (κ2) is 7.01. The summed E-state index contributed by atoms with van der Waals surface area (Å²) in [5, 5.41) is 14.9. The smallest absolute Gasteiger partial charge is 0.226 e. The Morgan fingerprint density at radius 2 is 2.21 bits per heavy atom. The van der Waals surface area contributed by atoms with Gasteiger partial charge in [0, 0.05) is 24.4 Å². The number of nitrogens with zero attached hydrogens (tertiary/aromatic N) is 1. The van der Waals surface area contributed by atoms with Crippen LogP contribution in [0.5, 0.6) is 0 Å².